The van der Waals surface area contributed by atoms with Gasteiger partial charge in [0.15, 0.2) is 0 Å². The van der Waals surface area contributed by atoms with Crippen molar-refractivity contribution in [2.45, 2.75) is 68.9 Å². The molecule has 5 nitrogen and oxygen atoms in total. The maximum absolute atomic E-state index is 12.1. The zero-order valence-corrected chi connectivity index (χ0v) is 11.5. The first-order valence-corrected chi connectivity index (χ1v) is 7.24. The highest BCUT2D eigenvalue weighted by atomic mass is 19.4. The molecule has 1 aromatic heterocycles. The quantitative estimate of drug-likeness (QED) is 0.929. The van der Waals surface area contributed by atoms with Gasteiger partial charge in [-0.05, 0) is 38.5 Å². The van der Waals surface area contributed by atoms with Crippen LogP contribution in [-0.4, -0.2) is 28.7 Å². The van der Waals surface area contributed by atoms with Gasteiger partial charge >= 0.3 is 6.36 Å². The predicted octanol–water partition coefficient (Wildman–Crippen LogP) is 2.84. The summed E-state index contributed by atoms with van der Waals surface area (Å²) in [5, 5.41) is 8.03. The second-order valence-corrected chi connectivity index (χ2v) is 5.94. The van der Waals surface area contributed by atoms with Crippen molar-refractivity contribution in [3.63, 3.8) is 0 Å². The van der Waals surface area contributed by atoms with Crippen molar-refractivity contribution in [1.29, 1.82) is 0 Å². The number of ether oxygens (including phenoxy) is 1. The lowest BCUT2D eigenvalue weighted by molar-refractivity contribution is -0.352. The van der Waals surface area contributed by atoms with Crippen molar-refractivity contribution in [3.05, 3.63) is 11.8 Å². The standard InChI is InChI=1S/C13H18F3N3O2/c14-13(15,16)21-10-5-8(6-10)12-19-18-11(20-12)7-1-3-9(17)4-2-7/h7-10H,1-6,17H2/t7?,8-,9?,10+. The van der Waals surface area contributed by atoms with E-state index in [1.54, 1.807) is 0 Å². The highest BCUT2D eigenvalue weighted by Crippen LogP contribution is 2.41. The van der Waals surface area contributed by atoms with E-state index in [0.29, 0.717) is 11.8 Å². The van der Waals surface area contributed by atoms with E-state index in [4.69, 9.17) is 10.2 Å². The molecule has 2 N–H and O–H groups in total. The molecule has 0 aliphatic heterocycles. The SMILES string of the molecule is NC1CCC(c2nnc([C@H]3C[C@@H](OC(F)(F)F)C3)o2)CC1. The summed E-state index contributed by atoms with van der Waals surface area (Å²) in [6.07, 6.45) is -1.09. The van der Waals surface area contributed by atoms with Crippen LogP contribution < -0.4 is 5.73 Å². The number of halogens is 3. The molecule has 3 rings (SSSR count). The average molecular weight is 305 g/mol. The Labute approximate surface area is 120 Å². The lowest BCUT2D eigenvalue weighted by Gasteiger charge is -2.32. The summed E-state index contributed by atoms with van der Waals surface area (Å²) in [7, 11) is 0. The second-order valence-electron chi connectivity index (χ2n) is 5.94. The third kappa shape index (κ3) is 3.55. The van der Waals surface area contributed by atoms with E-state index < -0.39 is 12.5 Å². The molecule has 118 valence electrons. The third-order valence-electron chi connectivity index (χ3n) is 4.32. The zero-order valence-electron chi connectivity index (χ0n) is 11.5. The van der Waals surface area contributed by atoms with Crippen LogP contribution in [0.5, 0.6) is 0 Å². The van der Waals surface area contributed by atoms with Crippen LogP contribution in [0.4, 0.5) is 13.2 Å². The Balaban J connectivity index is 1.52. The van der Waals surface area contributed by atoms with Gasteiger partial charge in [0.2, 0.25) is 11.8 Å². The summed E-state index contributed by atoms with van der Waals surface area (Å²) in [6.45, 7) is 0. The van der Waals surface area contributed by atoms with Crippen molar-refractivity contribution in [1.82, 2.24) is 10.2 Å². The maximum atomic E-state index is 12.1. The number of hydrogen-bond donors (Lipinski definition) is 1. The zero-order chi connectivity index (χ0) is 15.0. The number of aromatic nitrogens is 2. The molecule has 2 aliphatic carbocycles. The van der Waals surface area contributed by atoms with E-state index in [9.17, 15) is 13.2 Å². The molecule has 0 unspecified atom stereocenters. The number of rotatable bonds is 3. The fourth-order valence-corrected chi connectivity index (χ4v) is 3.00. The third-order valence-corrected chi connectivity index (χ3v) is 4.32. The Morgan fingerprint density at radius 3 is 2.14 bits per heavy atom. The first kappa shape index (κ1) is 14.8. The minimum atomic E-state index is -4.57. The van der Waals surface area contributed by atoms with Crippen LogP contribution in [0.3, 0.4) is 0 Å². The fraction of sp³-hybridized carbons (Fsp3) is 0.846. The maximum Gasteiger partial charge on any atom is 0.522 e. The van der Waals surface area contributed by atoms with Gasteiger partial charge in [0, 0.05) is 17.9 Å². The number of nitrogens with two attached hydrogens (primary N) is 1. The lowest BCUT2D eigenvalue weighted by Crippen LogP contribution is -2.34. The van der Waals surface area contributed by atoms with E-state index in [1.807, 2.05) is 0 Å². The van der Waals surface area contributed by atoms with E-state index in [2.05, 4.69) is 14.9 Å². The fourth-order valence-electron chi connectivity index (χ4n) is 3.00. The molecular formula is C13H18F3N3O2. The number of hydrogen-bond acceptors (Lipinski definition) is 5. The van der Waals surface area contributed by atoms with Gasteiger partial charge in [-0.2, -0.15) is 0 Å². The minimum Gasteiger partial charge on any atom is -0.425 e. The van der Waals surface area contributed by atoms with Crippen LogP contribution in [0.25, 0.3) is 0 Å². The Kier molecular flexibility index (Phi) is 3.92. The van der Waals surface area contributed by atoms with Crippen LogP contribution in [0, 0.1) is 0 Å². The Hall–Kier alpha value is -1.15. The van der Waals surface area contributed by atoms with Crippen LogP contribution >= 0.6 is 0 Å². The van der Waals surface area contributed by atoms with E-state index in [-0.39, 0.29) is 30.7 Å². The van der Waals surface area contributed by atoms with Crippen molar-refractivity contribution in [3.8, 4) is 0 Å². The summed E-state index contributed by atoms with van der Waals surface area (Å²) < 4.78 is 45.8. The molecule has 0 radical (unpaired) electrons. The molecule has 0 amide bonds. The van der Waals surface area contributed by atoms with Crippen LogP contribution in [-0.2, 0) is 4.74 Å². The lowest BCUT2D eigenvalue weighted by atomic mass is 9.82. The molecule has 0 atom stereocenters. The van der Waals surface area contributed by atoms with Gasteiger partial charge < -0.3 is 10.2 Å². The summed E-state index contributed by atoms with van der Waals surface area (Å²) in [4.78, 5) is 0. The topological polar surface area (TPSA) is 74.2 Å². The molecule has 0 spiro atoms. The van der Waals surface area contributed by atoms with Gasteiger partial charge in [-0.25, -0.2) is 0 Å². The molecule has 8 heteroatoms. The normalized spacial score (nSPS) is 33.7. The number of alkyl halides is 3. The summed E-state index contributed by atoms with van der Waals surface area (Å²) in [5.74, 6) is 1.14. The van der Waals surface area contributed by atoms with E-state index in [0.717, 1.165) is 25.7 Å². The molecule has 0 bridgehead atoms. The summed E-state index contributed by atoms with van der Waals surface area (Å²) >= 11 is 0. The van der Waals surface area contributed by atoms with Gasteiger partial charge in [0.1, 0.15) is 0 Å². The van der Waals surface area contributed by atoms with Crippen LogP contribution in [0.2, 0.25) is 0 Å². The summed E-state index contributed by atoms with van der Waals surface area (Å²) in [5.41, 5.74) is 5.85. The first-order chi connectivity index (χ1) is 9.90. The van der Waals surface area contributed by atoms with E-state index >= 15 is 0 Å². The molecular weight excluding hydrogens is 287 g/mol. The highest BCUT2D eigenvalue weighted by molar-refractivity contribution is 5.03. The Morgan fingerprint density at radius 1 is 1.00 bits per heavy atom. The second kappa shape index (κ2) is 5.57. The minimum absolute atomic E-state index is 0.121. The van der Waals surface area contributed by atoms with Crippen LogP contribution in [0.15, 0.2) is 4.42 Å². The Morgan fingerprint density at radius 2 is 1.57 bits per heavy atom. The smallest absolute Gasteiger partial charge is 0.425 e. The van der Waals surface area contributed by atoms with Gasteiger partial charge in [-0.1, -0.05) is 0 Å². The van der Waals surface area contributed by atoms with Gasteiger partial charge in [-0.3, -0.25) is 4.74 Å². The highest BCUT2D eigenvalue weighted by Gasteiger charge is 2.42. The molecule has 0 aromatic carbocycles. The molecule has 0 saturated heterocycles. The van der Waals surface area contributed by atoms with E-state index in [1.165, 1.54) is 0 Å². The van der Waals surface area contributed by atoms with Gasteiger partial charge in [-0.15, -0.1) is 23.4 Å². The Bertz CT molecular complexity index is 477. The van der Waals surface area contributed by atoms with Crippen molar-refractivity contribution in [2.24, 2.45) is 5.73 Å². The predicted molar refractivity (Wildman–Crippen MR) is 66.4 cm³/mol. The van der Waals surface area contributed by atoms with Crippen molar-refractivity contribution >= 4 is 0 Å². The number of nitrogens with zero attached hydrogens (tertiary/aromatic N) is 2. The van der Waals surface area contributed by atoms with Crippen LogP contribution in [0.1, 0.15) is 62.1 Å². The largest absolute Gasteiger partial charge is 0.522 e. The molecule has 2 fully saturated rings. The molecule has 21 heavy (non-hydrogen) atoms. The molecule has 1 aromatic rings. The molecule has 2 aliphatic rings. The van der Waals surface area contributed by atoms with Gasteiger partial charge in [0.05, 0.1) is 6.10 Å². The molecule has 1 heterocycles. The molecule has 2 saturated carbocycles. The van der Waals surface area contributed by atoms with Gasteiger partial charge in [0.25, 0.3) is 0 Å². The average Bonchev–Trinajstić information content (AvgIpc) is 2.82. The van der Waals surface area contributed by atoms with Crippen molar-refractivity contribution in [2.75, 3.05) is 0 Å². The first-order valence-electron chi connectivity index (χ1n) is 7.24. The van der Waals surface area contributed by atoms with Crippen molar-refractivity contribution < 1.29 is 22.3 Å². The monoisotopic (exact) mass is 305 g/mol. The summed E-state index contributed by atoms with van der Waals surface area (Å²) in [6, 6.07) is 0.246.